The zero-order chi connectivity index (χ0) is 28.8. The summed E-state index contributed by atoms with van der Waals surface area (Å²) >= 11 is 0. The molecule has 40 heavy (non-hydrogen) atoms. The van der Waals surface area contributed by atoms with Gasteiger partial charge < -0.3 is 4.74 Å². The predicted molar refractivity (Wildman–Crippen MR) is 149 cm³/mol. The van der Waals surface area contributed by atoms with Crippen LogP contribution in [0.25, 0.3) is 11.1 Å². The fourth-order valence-electron chi connectivity index (χ4n) is 6.44. The first-order chi connectivity index (χ1) is 18.9. The average Bonchev–Trinajstić information content (AvgIpc) is 3.30. The van der Waals surface area contributed by atoms with E-state index in [2.05, 4.69) is 60.6 Å². The molecule has 3 heterocycles. The first-order valence-corrected chi connectivity index (χ1v) is 15.0. The average molecular weight is 579 g/mol. The zero-order valence-corrected chi connectivity index (χ0v) is 24.0. The third kappa shape index (κ3) is 5.35. The number of ether oxygens (including phenoxy) is 1. The van der Waals surface area contributed by atoms with Crippen molar-refractivity contribution in [3.63, 3.8) is 0 Å². The highest BCUT2D eigenvalue weighted by Gasteiger charge is 2.57. The van der Waals surface area contributed by atoms with Gasteiger partial charge in [-0.05, 0) is 41.7 Å². The van der Waals surface area contributed by atoms with E-state index in [0.29, 0.717) is 13.2 Å². The number of aryl methyl sites for hydroxylation is 1. The van der Waals surface area contributed by atoms with Gasteiger partial charge in [-0.3, -0.25) is 4.90 Å². The Bertz CT molecular complexity index is 1350. The van der Waals surface area contributed by atoms with Crippen molar-refractivity contribution in [2.45, 2.75) is 49.3 Å². The lowest BCUT2D eigenvalue weighted by molar-refractivity contribution is -0.155. The molecular formula is C29H37F3N4O3S. The molecule has 218 valence electrons. The molecule has 3 unspecified atom stereocenters. The molecule has 0 aromatic heterocycles. The normalized spacial score (nSPS) is 29.4. The van der Waals surface area contributed by atoms with Crippen LogP contribution in [0.3, 0.4) is 0 Å². The second-order valence-corrected chi connectivity index (χ2v) is 13.2. The summed E-state index contributed by atoms with van der Waals surface area (Å²) in [6, 6.07) is 12.3. The summed E-state index contributed by atoms with van der Waals surface area (Å²) in [7, 11) is -1.20. The third-order valence-electron chi connectivity index (χ3n) is 8.69. The summed E-state index contributed by atoms with van der Waals surface area (Å²) in [6.07, 6.45) is -1.05. The predicted octanol–water partition coefficient (Wildman–Crippen LogP) is 3.70. The first-order valence-electron chi connectivity index (χ1n) is 13.5. The summed E-state index contributed by atoms with van der Waals surface area (Å²) in [5.41, 5.74) is 8.07. The van der Waals surface area contributed by atoms with Crippen molar-refractivity contribution in [2.75, 3.05) is 46.9 Å². The largest absolute Gasteiger partial charge is 0.406 e. The number of rotatable bonds is 6. The topological polar surface area (TPSA) is 65.1 Å². The van der Waals surface area contributed by atoms with Crippen LogP contribution in [0.1, 0.15) is 22.6 Å². The molecule has 2 fully saturated rings. The molecule has 0 aliphatic carbocycles. The number of methoxy groups -OCH3 is 1. The maximum absolute atomic E-state index is 13.8. The van der Waals surface area contributed by atoms with Crippen LogP contribution in [-0.4, -0.2) is 99.1 Å². The minimum absolute atomic E-state index is 0.0241. The molecular weight excluding hydrogens is 541 g/mol. The van der Waals surface area contributed by atoms with E-state index in [1.54, 1.807) is 13.2 Å². The van der Waals surface area contributed by atoms with Crippen molar-refractivity contribution in [3.05, 3.63) is 71.3 Å². The van der Waals surface area contributed by atoms with Crippen molar-refractivity contribution >= 4 is 10.0 Å². The van der Waals surface area contributed by atoms with Crippen molar-refractivity contribution in [3.8, 4) is 11.1 Å². The molecule has 0 bridgehead atoms. The van der Waals surface area contributed by atoms with Crippen LogP contribution in [0.4, 0.5) is 13.2 Å². The molecule has 1 N–H and O–H groups in total. The second kappa shape index (κ2) is 11.2. The summed E-state index contributed by atoms with van der Waals surface area (Å²) in [5, 5.41) is -0.408. The number of fused-ring (bicyclic) bond motifs is 1. The van der Waals surface area contributed by atoms with Gasteiger partial charge in [0.05, 0.1) is 6.61 Å². The van der Waals surface area contributed by atoms with Crippen LogP contribution in [0, 0.1) is 13.8 Å². The smallest absolute Gasteiger partial charge is 0.383 e. The number of hydrazine groups is 1. The molecule has 2 aromatic rings. The molecule has 5 rings (SSSR count). The number of hydrogen-bond acceptors (Lipinski definition) is 6. The van der Waals surface area contributed by atoms with Gasteiger partial charge in [-0.2, -0.15) is 17.5 Å². The fourth-order valence-corrected chi connectivity index (χ4v) is 8.44. The van der Waals surface area contributed by atoms with E-state index in [9.17, 15) is 21.6 Å². The van der Waals surface area contributed by atoms with Crippen molar-refractivity contribution < 1.29 is 26.3 Å². The van der Waals surface area contributed by atoms with Gasteiger partial charge in [0.15, 0.2) is 0 Å². The highest BCUT2D eigenvalue weighted by molar-refractivity contribution is 7.89. The Kier molecular flexibility index (Phi) is 8.17. The summed E-state index contributed by atoms with van der Waals surface area (Å²) in [4.78, 5) is 2.20. The quantitative estimate of drug-likeness (QED) is 0.528. The lowest BCUT2D eigenvalue weighted by Crippen LogP contribution is -2.68. The SMILES string of the molecule is COC[C@@H]1C(c2ccc(-c3cccc(C)c3C)cc2)[C@@H]2CN(S(=O)(=O)C3CN(C)NC3C(F)(F)F)C/C=C\CN12. The van der Waals surface area contributed by atoms with Crippen LogP contribution in [-0.2, 0) is 14.8 Å². The van der Waals surface area contributed by atoms with E-state index in [0.717, 1.165) is 16.7 Å². The van der Waals surface area contributed by atoms with Gasteiger partial charge in [0.25, 0.3) is 0 Å². The van der Waals surface area contributed by atoms with Gasteiger partial charge in [-0.1, -0.05) is 54.6 Å². The number of alkyl halides is 3. The van der Waals surface area contributed by atoms with Crippen molar-refractivity contribution in [1.82, 2.24) is 19.6 Å². The van der Waals surface area contributed by atoms with E-state index in [-0.39, 0.29) is 37.6 Å². The zero-order valence-electron chi connectivity index (χ0n) is 23.2. The Morgan fingerprint density at radius 1 is 1.02 bits per heavy atom. The third-order valence-corrected chi connectivity index (χ3v) is 10.9. The maximum atomic E-state index is 13.8. The van der Waals surface area contributed by atoms with Gasteiger partial charge in [0.1, 0.15) is 11.3 Å². The van der Waals surface area contributed by atoms with Crippen LogP contribution in [0.15, 0.2) is 54.6 Å². The molecule has 0 saturated carbocycles. The Balaban J connectivity index is 1.44. The molecule has 5 atom stereocenters. The van der Waals surface area contributed by atoms with Gasteiger partial charge in [0.2, 0.25) is 10.0 Å². The molecule has 3 aliphatic rings. The Hall–Kier alpha value is -2.28. The van der Waals surface area contributed by atoms with E-state index in [4.69, 9.17) is 4.74 Å². The number of nitrogens with zero attached hydrogens (tertiary/aromatic N) is 3. The van der Waals surface area contributed by atoms with Crippen LogP contribution in [0.2, 0.25) is 0 Å². The van der Waals surface area contributed by atoms with Gasteiger partial charge in [-0.15, -0.1) is 0 Å². The second-order valence-electron chi connectivity index (χ2n) is 11.1. The van der Waals surface area contributed by atoms with Gasteiger partial charge >= 0.3 is 6.18 Å². The maximum Gasteiger partial charge on any atom is 0.406 e. The molecule has 3 aliphatic heterocycles. The number of halogens is 3. The van der Waals surface area contributed by atoms with Crippen LogP contribution in [0.5, 0.6) is 0 Å². The molecule has 11 heteroatoms. The van der Waals surface area contributed by atoms with Crippen molar-refractivity contribution in [1.29, 1.82) is 0 Å². The number of hydrogen-bond donors (Lipinski definition) is 1. The standard InChI is InChI=1S/C29H37F3N4O3S/c1-19-8-7-9-23(20(19)2)21-10-12-22(13-11-21)27-24-16-35(14-5-6-15-36(24)25(27)18-39-4)40(37,38)26-17-34(3)33-28(26)29(30,31)32/h5-13,24-28,33H,14-18H2,1-4H3/b6-5-/t24-,25+,26?,27?,28?/m0/s1. The minimum Gasteiger partial charge on any atom is -0.383 e. The summed E-state index contributed by atoms with van der Waals surface area (Å²) < 4.78 is 75.6. The lowest BCUT2D eigenvalue weighted by Gasteiger charge is -2.56. The first kappa shape index (κ1) is 29.2. The monoisotopic (exact) mass is 578 g/mol. The molecule has 0 spiro atoms. The Morgan fingerprint density at radius 2 is 1.73 bits per heavy atom. The highest BCUT2D eigenvalue weighted by atomic mass is 32.2. The van der Waals surface area contributed by atoms with E-state index in [1.165, 1.54) is 27.5 Å². The number of benzene rings is 2. The minimum atomic E-state index is -4.69. The summed E-state index contributed by atoms with van der Waals surface area (Å²) in [5.74, 6) is -0.0282. The van der Waals surface area contributed by atoms with E-state index in [1.807, 2.05) is 12.1 Å². The van der Waals surface area contributed by atoms with E-state index < -0.39 is 27.5 Å². The lowest BCUT2D eigenvalue weighted by atomic mass is 9.74. The van der Waals surface area contributed by atoms with Crippen molar-refractivity contribution in [2.24, 2.45) is 0 Å². The molecule has 2 saturated heterocycles. The fraction of sp³-hybridized carbons (Fsp3) is 0.517. The Labute approximate surface area is 234 Å². The van der Waals surface area contributed by atoms with E-state index >= 15 is 0 Å². The number of nitrogens with one attached hydrogen (secondary N) is 1. The van der Waals surface area contributed by atoms with Crippen LogP contribution >= 0.6 is 0 Å². The molecule has 0 radical (unpaired) electrons. The molecule has 2 aromatic carbocycles. The number of sulfonamides is 1. The van der Waals surface area contributed by atoms with Crippen LogP contribution < -0.4 is 5.43 Å². The van der Waals surface area contributed by atoms with Gasteiger partial charge in [0, 0.05) is 58.3 Å². The molecule has 7 nitrogen and oxygen atoms in total. The molecule has 0 amide bonds. The Morgan fingerprint density at radius 3 is 2.40 bits per heavy atom. The highest BCUT2D eigenvalue weighted by Crippen LogP contribution is 2.43. The summed E-state index contributed by atoms with van der Waals surface area (Å²) in [6.45, 7) is 5.21. The van der Waals surface area contributed by atoms with Gasteiger partial charge in [-0.25, -0.2) is 18.9 Å².